The second-order valence-electron chi connectivity index (χ2n) is 6.77. The zero-order valence-corrected chi connectivity index (χ0v) is 14.8. The number of amides is 2. The molecule has 2 amide bonds. The molecule has 4 nitrogen and oxygen atoms in total. The van der Waals surface area contributed by atoms with Crippen molar-refractivity contribution in [3.8, 4) is 0 Å². The van der Waals surface area contributed by atoms with Crippen LogP contribution in [0.1, 0.15) is 36.8 Å². The highest BCUT2D eigenvalue weighted by Gasteiger charge is 2.29. The molecule has 1 aromatic carbocycles. The summed E-state index contributed by atoms with van der Waals surface area (Å²) in [7, 11) is 1.88. The first kappa shape index (κ1) is 18.2. The maximum atomic E-state index is 12.7. The molecule has 0 aromatic heterocycles. The van der Waals surface area contributed by atoms with Crippen molar-refractivity contribution in [2.75, 3.05) is 13.6 Å². The maximum absolute atomic E-state index is 12.7. The van der Waals surface area contributed by atoms with E-state index in [0.29, 0.717) is 0 Å². The number of rotatable bonds is 6. The molecule has 4 heteroatoms. The predicted molar refractivity (Wildman–Crippen MR) is 96.6 cm³/mol. The first-order valence-corrected chi connectivity index (χ1v) is 8.73. The number of benzene rings is 1. The van der Waals surface area contributed by atoms with Gasteiger partial charge in [-0.1, -0.05) is 42.8 Å². The molecule has 1 fully saturated rings. The lowest BCUT2D eigenvalue weighted by Crippen LogP contribution is -2.42. The molecule has 1 N–H and O–H groups in total. The summed E-state index contributed by atoms with van der Waals surface area (Å²) < 4.78 is 0. The Labute approximate surface area is 144 Å². The van der Waals surface area contributed by atoms with Crippen LogP contribution in [0.2, 0.25) is 0 Å². The van der Waals surface area contributed by atoms with Gasteiger partial charge in [-0.05, 0) is 44.2 Å². The number of aryl methyl sites for hydroxylation is 1. The van der Waals surface area contributed by atoms with Gasteiger partial charge in [0, 0.05) is 25.6 Å². The van der Waals surface area contributed by atoms with Gasteiger partial charge in [-0.25, -0.2) is 0 Å². The van der Waals surface area contributed by atoms with Crippen LogP contribution in [0.15, 0.2) is 36.9 Å². The van der Waals surface area contributed by atoms with E-state index >= 15 is 0 Å². The molecule has 0 radical (unpaired) electrons. The average molecular weight is 328 g/mol. The number of carbonyl (C=O) groups is 2. The summed E-state index contributed by atoms with van der Waals surface area (Å²) in [6.45, 7) is 6.29. The summed E-state index contributed by atoms with van der Waals surface area (Å²) in [5.74, 6) is 0.0532. The summed E-state index contributed by atoms with van der Waals surface area (Å²) >= 11 is 0. The number of carbonyl (C=O) groups excluding carboxylic acids is 2. The van der Waals surface area contributed by atoms with Gasteiger partial charge in [0.05, 0.1) is 0 Å². The molecule has 24 heavy (non-hydrogen) atoms. The fraction of sp³-hybridized carbons (Fsp3) is 0.500. The Bertz CT molecular complexity index is 597. The van der Waals surface area contributed by atoms with Gasteiger partial charge < -0.3 is 10.2 Å². The highest BCUT2D eigenvalue weighted by atomic mass is 16.2. The Morgan fingerprint density at radius 1 is 1.38 bits per heavy atom. The van der Waals surface area contributed by atoms with Crippen LogP contribution in [0.3, 0.4) is 0 Å². The topological polar surface area (TPSA) is 49.4 Å². The molecular formula is C20H28N2O2. The third-order valence-electron chi connectivity index (χ3n) is 4.75. The number of hydrogen-bond donors (Lipinski definition) is 1. The zero-order chi connectivity index (χ0) is 17.5. The lowest BCUT2D eigenvalue weighted by molar-refractivity contribution is -0.135. The molecule has 1 aromatic rings. The molecule has 0 bridgehead atoms. The van der Waals surface area contributed by atoms with Crippen LogP contribution in [0.5, 0.6) is 0 Å². The third kappa shape index (κ3) is 5.22. The summed E-state index contributed by atoms with van der Waals surface area (Å²) in [4.78, 5) is 26.0. The fourth-order valence-corrected chi connectivity index (χ4v) is 3.39. The molecule has 1 saturated carbocycles. The number of nitrogens with one attached hydrogen (secondary N) is 1. The normalized spacial score (nSPS) is 20.2. The highest BCUT2D eigenvalue weighted by molar-refractivity contribution is 5.87. The van der Waals surface area contributed by atoms with Crippen molar-refractivity contribution in [2.45, 2.75) is 45.1 Å². The molecule has 0 aliphatic heterocycles. The van der Waals surface area contributed by atoms with E-state index in [0.717, 1.165) is 38.6 Å². The van der Waals surface area contributed by atoms with Gasteiger partial charge in [-0.15, -0.1) is 0 Å². The van der Waals surface area contributed by atoms with Crippen molar-refractivity contribution < 1.29 is 9.59 Å². The van der Waals surface area contributed by atoms with E-state index in [1.807, 2.05) is 11.9 Å². The van der Waals surface area contributed by atoms with Crippen molar-refractivity contribution in [3.63, 3.8) is 0 Å². The van der Waals surface area contributed by atoms with Gasteiger partial charge in [0.25, 0.3) is 0 Å². The van der Waals surface area contributed by atoms with Gasteiger partial charge in [0.1, 0.15) is 0 Å². The molecular weight excluding hydrogens is 300 g/mol. The molecule has 130 valence electrons. The van der Waals surface area contributed by atoms with Crippen LogP contribution in [0.25, 0.3) is 0 Å². The minimum Gasteiger partial charge on any atom is -0.350 e. The summed E-state index contributed by atoms with van der Waals surface area (Å²) in [6, 6.07) is 8.49. The van der Waals surface area contributed by atoms with E-state index in [4.69, 9.17) is 0 Å². The first-order valence-electron chi connectivity index (χ1n) is 8.73. The van der Waals surface area contributed by atoms with Crippen molar-refractivity contribution in [1.82, 2.24) is 10.2 Å². The van der Waals surface area contributed by atoms with Gasteiger partial charge >= 0.3 is 0 Å². The molecule has 2 atom stereocenters. The van der Waals surface area contributed by atoms with E-state index in [1.165, 1.54) is 17.2 Å². The Hall–Kier alpha value is -2.10. The van der Waals surface area contributed by atoms with Crippen LogP contribution in [-0.2, 0) is 16.0 Å². The predicted octanol–water partition coefficient (Wildman–Crippen LogP) is 2.86. The molecule has 0 heterocycles. The standard InChI is InChI=1S/C20H28N2O2/c1-4-19(23)21-18-10-6-9-17(14-18)20(24)22(3)12-11-16-8-5-7-15(2)13-16/h4-5,7-8,13,17-18H,1,6,9-12,14H2,2-3H3,(H,21,23)/t17-,18+/m1/s1. The fourth-order valence-electron chi connectivity index (χ4n) is 3.39. The summed E-state index contributed by atoms with van der Waals surface area (Å²) in [5, 5.41) is 2.93. The molecule has 0 spiro atoms. The zero-order valence-electron chi connectivity index (χ0n) is 14.8. The summed E-state index contributed by atoms with van der Waals surface area (Å²) in [6.07, 6.45) is 5.72. The third-order valence-corrected chi connectivity index (χ3v) is 4.75. The van der Waals surface area contributed by atoms with Crippen LogP contribution in [0, 0.1) is 12.8 Å². The van der Waals surface area contributed by atoms with Crippen LogP contribution >= 0.6 is 0 Å². The van der Waals surface area contributed by atoms with Crippen molar-refractivity contribution in [3.05, 3.63) is 48.0 Å². The average Bonchev–Trinajstić information content (AvgIpc) is 2.59. The van der Waals surface area contributed by atoms with Crippen LogP contribution < -0.4 is 5.32 Å². The second kappa shape index (κ2) is 8.67. The first-order chi connectivity index (χ1) is 11.5. The van der Waals surface area contributed by atoms with Gasteiger partial charge in [0.2, 0.25) is 11.8 Å². The highest BCUT2D eigenvalue weighted by Crippen LogP contribution is 2.26. The van der Waals surface area contributed by atoms with E-state index in [2.05, 4.69) is 43.1 Å². The van der Waals surface area contributed by atoms with E-state index < -0.39 is 0 Å². The van der Waals surface area contributed by atoms with E-state index in [1.54, 1.807) is 0 Å². The quantitative estimate of drug-likeness (QED) is 0.816. The second-order valence-corrected chi connectivity index (χ2v) is 6.77. The minimum atomic E-state index is -0.152. The lowest BCUT2D eigenvalue weighted by atomic mass is 9.84. The van der Waals surface area contributed by atoms with E-state index in [9.17, 15) is 9.59 Å². The van der Waals surface area contributed by atoms with Crippen molar-refractivity contribution in [1.29, 1.82) is 0 Å². The maximum Gasteiger partial charge on any atom is 0.243 e. The number of nitrogens with zero attached hydrogens (tertiary/aromatic N) is 1. The molecule has 2 rings (SSSR count). The number of hydrogen-bond acceptors (Lipinski definition) is 2. The van der Waals surface area contributed by atoms with Crippen molar-refractivity contribution in [2.24, 2.45) is 5.92 Å². The molecule has 0 saturated heterocycles. The minimum absolute atomic E-state index is 0.0105. The van der Waals surface area contributed by atoms with Crippen LogP contribution in [0.4, 0.5) is 0 Å². The number of likely N-dealkylation sites (N-methyl/N-ethyl adjacent to an activating group) is 1. The Balaban J connectivity index is 1.85. The lowest BCUT2D eigenvalue weighted by Gasteiger charge is -2.31. The molecule has 0 unspecified atom stereocenters. The van der Waals surface area contributed by atoms with Crippen LogP contribution in [-0.4, -0.2) is 36.3 Å². The van der Waals surface area contributed by atoms with Crippen molar-refractivity contribution >= 4 is 11.8 Å². The Morgan fingerprint density at radius 3 is 2.88 bits per heavy atom. The smallest absolute Gasteiger partial charge is 0.243 e. The molecule has 1 aliphatic rings. The molecule has 1 aliphatic carbocycles. The summed E-state index contributed by atoms with van der Waals surface area (Å²) in [5.41, 5.74) is 2.50. The van der Waals surface area contributed by atoms with Gasteiger partial charge in [0.15, 0.2) is 0 Å². The monoisotopic (exact) mass is 328 g/mol. The Kier molecular flexibility index (Phi) is 6.59. The van der Waals surface area contributed by atoms with Gasteiger partial charge in [-0.3, -0.25) is 9.59 Å². The Morgan fingerprint density at radius 2 is 2.17 bits per heavy atom. The van der Waals surface area contributed by atoms with E-state index in [-0.39, 0.29) is 23.8 Å². The largest absolute Gasteiger partial charge is 0.350 e. The SMILES string of the molecule is C=CC(=O)N[C@H]1CCC[C@@H](C(=O)N(C)CCc2cccc(C)c2)C1. The van der Waals surface area contributed by atoms with Gasteiger partial charge in [-0.2, -0.15) is 0 Å².